The quantitative estimate of drug-likeness (QED) is 0.688. The van der Waals surface area contributed by atoms with Crippen LogP contribution in [0.2, 0.25) is 0 Å². The van der Waals surface area contributed by atoms with Crippen molar-refractivity contribution in [3.8, 4) is 0 Å². The Morgan fingerprint density at radius 3 is 2.70 bits per heavy atom. The molecule has 0 aliphatic heterocycles. The average molecular weight is 316 g/mol. The highest BCUT2D eigenvalue weighted by atomic mass is 16.4. The molecule has 1 N–H and O–H groups in total. The van der Waals surface area contributed by atoms with E-state index < -0.39 is 11.4 Å². The Labute approximate surface area is 141 Å². The molecule has 2 nitrogen and oxygen atoms in total. The fourth-order valence-electron chi connectivity index (χ4n) is 6.33. The normalized spacial score (nSPS) is 46.3. The predicted molar refractivity (Wildman–Crippen MR) is 94.2 cm³/mol. The van der Waals surface area contributed by atoms with Gasteiger partial charge in [-0.25, -0.2) is 0 Å². The van der Waals surface area contributed by atoms with Gasteiger partial charge in [0.05, 0.1) is 5.41 Å². The Morgan fingerprint density at radius 2 is 2.09 bits per heavy atom. The molecule has 0 heterocycles. The molecule has 0 amide bonds. The molecule has 23 heavy (non-hydrogen) atoms. The van der Waals surface area contributed by atoms with E-state index in [0.717, 1.165) is 38.5 Å². The van der Waals surface area contributed by atoms with Crippen LogP contribution in [-0.2, 0) is 4.79 Å². The number of carboxylic acids is 1. The summed E-state index contributed by atoms with van der Waals surface area (Å²) in [5, 5.41) is 10.0. The molecule has 0 radical (unpaired) electrons. The zero-order valence-corrected chi connectivity index (χ0v) is 15.0. The zero-order valence-electron chi connectivity index (χ0n) is 15.0. The third-order valence-corrected chi connectivity index (χ3v) is 7.78. The van der Waals surface area contributed by atoms with Crippen LogP contribution in [0.1, 0.15) is 72.1 Å². The molecule has 3 aliphatic carbocycles. The first-order valence-electron chi connectivity index (χ1n) is 9.40. The molecule has 0 saturated heterocycles. The van der Waals surface area contributed by atoms with Crippen molar-refractivity contribution in [2.24, 2.45) is 28.1 Å². The number of allylic oxidation sites excluding steroid dienone is 3. The van der Waals surface area contributed by atoms with Crippen molar-refractivity contribution in [3.05, 3.63) is 24.3 Å². The van der Waals surface area contributed by atoms with Gasteiger partial charge in [0.2, 0.25) is 0 Å². The number of hydrogen-bond acceptors (Lipinski definition) is 1. The van der Waals surface area contributed by atoms with E-state index in [-0.39, 0.29) is 10.8 Å². The molecule has 2 fully saturated rings. The van der Waals surface area contributed by atoms with E-state index in [9.17, 15) is 9.90 Å². The largest absolute Gasteiger partial charge is 0.481 e. The van der Waals surface area contributed by atoms with Crippen LogP contribution in [0.15, 0.2) is 24.3 Å². The van der Waals surface area contributed by atoms with E-state index in [1.165, 1.54) is 12.8 Å². The third kappa shape index (κ3) is 2.32. The van der Waals surface area contributed by atoms with Gasteiger partial charge in [0, 0.05) is 5.41 Å². The van der Waals surface area contributed by atoms with Crippen molar-refractivity contribution < 1.29 is 9.90 Å². The molecular formula is C21H32O2. The Morgan fingerprint density at radius 1 is 1.35 bits per heavy atom. The molecule has 5 atom stereocenters. The fraction of sp³-hybridized carbons (Fsp3) is 0.762. The number of hydrogen-bond donors (Lipinski definition) is 1. The average Bonchev–Trinajstić information content (AvgIpc) is 2.53. The van der Waals surface area contributed by atoms with Crippen LogP contribution in [0.25, 0.3) is 0 Å². The van der Waals surface area contributed by atoms with Gasteiger partial charge < -0.3 is 5.11 Å². The highest BCUT2D eigenvalue weighted by Crippen LogP contribution is 2.64. The fourth-order valence-corrected chi connectivity index (χ4v) is 6.33. The van der Waals surface area contributed by atoms with Gasteiger partial charge in [0.1, 0.15) is 0 Å². The first-order chi connectivity index (χ1) is 10.8. The second kappa shape index (κ2) is 5.50. The monoisotopic (exact) mass is 316 g/mol. The van der Waals surface area contributed by atoms with Crippen LogP contribution in [0.3, 0.4) is 0 Å². The summed E-state index contributed by atoms with van der Waals surface area (Å²) in [7, 11) is 0. The highest BCUT2D eigenvalue weighted by molar-refractivity contribution is 5.75. The van der Waals surface area contributed by atoms with Gasteiger partial charge in [-0.2, -0.15) is 0 Å². The lowest BCUT2D eigenvalue weighted by Gasteiger charge is -2.59. The summed E-state index contributed by atoms with van der Waals surface area (Å²) in [5.41, 5.74) is 1.41. The van der Waals surface area contributed by atoms with Gasteiger partial charge in [-0.3, -0.25) is 4.79 Å². The molecule has 0 aromatic carbocycles. The molecule has 2 saturated carbocycles. The molecular weight excluding hydrogens is 284 g/mol. The number of carboxylic acid groups (broad SMARTS) is 1. The first kappa shape index (κ1) is 16.8. The molecule has 0 bridgehead atoms. The van der Waals surface area contributed by atoms with E-state index in [2.05, 4.69) is 39.5 Å². The second-order valence-corrected chi connectivity index (χ2v) is 8.79. The summed E-state index contributed by atoms with van der Waals surface area (Å²) >= 11 is 0. The van der Waals surface area contributed by atoms with Crippen molar-refractivity contribution in [2.45, 2.75) is 72.1 Å². The number of fused-ring (bicyclic) bond motifs is 3. The van der Waals surface area contributed by atoms with E-state index in [1.807, 2.05) is 0 Å². The van der Waals surface area contributed by atoms with Crippen molar-refractivity contribution >= 4 is 5.97 Å². The SMILES string of the molecule is C=C[C@@]1(C)C=C2CC[C@H]3[C@](CC)(C(=O)O)CCC[C@]3(C)[C@H]2CC1. The molecule has 0 aromatic heterocycles. The minimum Gasteiger partial charge on any atom is -0.481 e. The van der Waals surface area contributed by atoms with Gasteiger partial charge >= 0.3 is 5.97 Å². The lowest BCUT2D eigenvalue weighted by Crippen LogP contribution is -2.55. The maximum Gasteiger partial charge on any atom is 0.309 e. The van der Waals surface area contributed by atoms with Crippen molar-refractivity contribution in [2.75, 3.05) is 0 Å². The Hall–Kier alpha value is -1.05. The van der Waals surface area contributed by atoms with Crippen LogP contribution in [-0.4, -0.2) is 11.1 Å². The van der Waals surface area contributed by atoms with Crippen molar-refractivity contribution in [1.82, 2.24) is 0 Å². The molecule has 0 aromatic rings. The summed E-state index contributed by atoms with van der Waals surface area (Å²) in [6, 6.07) is 0. The summed E-state index contributed by atoms with van der Waals surface area (Å²) in [4.78, 5) is 12.2. The number of carbonyl (C=O) groups is 1. The van der Waals surface area contributed by atoms with Crippen LogP contribution in [0.5, 0.6) is 0 Å². The number of aliphatic carboxylic acids is 1. The maximum absolute atomic E-state index is 12.2. The molecule has 0 unspecified atom stereocenters. The second-order valence-electron chi connectivity index (χ2n) is 8.79. The molecule has 3 aliphatic rings. The van der Waals surface area contributed by atoms with Crippen molar-refractivity contribution in [3.63, 3.8) is 0 Å². The summed E-state index contributed by atoms with van der Waals surface area (Å²) in [6.45, 7) is 10.8. The van der Waals surface area contributed by atoms with Gasteiger partial charge in [-0.1, -0.05) is 44.9 Å². The Kier molecular flexibility index (Phi) is 4.01. The van der Waals surface area contributed by atoms with Crippen LogP contribution < -0.4 is 0 Å². The highest BCUT2D eigenvalue weighted by Gasteiger charge is 2.59. The summed E-state index contributed by atoms with van der Waals surface area (Å²) in [5.74, 6) is 0.372. The zero-order chi connectivity index (χ0) is 16.9. The summed E-state index contributed by atoms with van der Waals surface area (Å²) in [6.07, 6.45) is 13.0. The van der Waals surface area contributed by atoms with E-state index in [1.54, 1.807) is 5.57 Å². The van der Waals surface area contributed by atoms with E-state index in [4.69, 9.17) is 0 Å². The molecule has 0 spiro atoms. The minimum absolute atomic E-state index is 0.137. The van der Waals surface area contributed by atoms with Crippen molar-refractivity contribution in [1.29, 1.82) is 0 Å². The predicted octanol–water partition coefficient (Wildman–Crippen LogP) is 5.60. The lowest BCUT2D eigenvalue weighted by molar-refractivity contribution is -0.167. The van der Waals surface area contributed by atoms with Crippen LogP contribution in [0.4, 0.5) is 0 Å². The van der Waals surface area contributed by atoms with Gasteiger partial charge in [-0.15, -0.1) is 6.58 Å². The van der Waals surface area contributed by atoms with Crippen LogP contribution >= 0.6 is 0 Å². The molecule has 3 rings (SSSR count). The Bertz CT molecular complexity index is 548. The lowest BCUT2D eigenvalue weighted by atomic mass is 9.44. The summed E-state index contributed by atoms with van der Waals surface area (Å²) < 4.78 is 0. The van der Waals surface area contributed by atoms with Gasteiger partial charge in [0.25, 0.3) is 0 Å². The van der Waals surface area contributed by atoms with Crippen LogP contribution in [0, 0.1) is 28.1 Å². The first-order valence-corrected chi connectivity index (χ1v) is 9.40. The van der Waals surface area contributed by atoms with Gasteiger partial charge in [-0.05, 0) is 62.2 Å². The maximum atomic E-state index is 12.2. The van der Waals surface area contributed by atoms with E-state index >= 15 is 0 Å². The van der Waals surface area contributed by atoms with E-state index in [0.29, 0.717) is 11.8 Å². The topological polar surface area (TPSA) is 37.3 Å². The van der Waals surface area contributed by atoms with Gasteiger partial charge in [0.15, 0.2) is 0 Å². The third-order valence-electron chi connectivity index (χ3n) is 7.78. The Balaban J connectivity index is 2.01. The standard InChI is InChI=1S/C21H32O2/c1-5-19(3)13-10-16-15(14-19)8-9-17-20(16,4)11-7-12-21(17,6-2)18(22)23/h5,14,16-17H,1,6-13H2,2-4H3,(H,22,23)/t16-,17+,19+,20+,21+/m0/s1. The molecule has 2 heteroatoms. The minimum atomic E-state index is -0.546. The molecule has 128 valence electrons. The number of rotatable bonds is 3. The smallest absolute Gasteiger partial charge is 0.309 e.